The van der Waals surface area contributed by atoms with Gasteiger partial charge in [-0.25, -0.2) is 4.79 Å². The minimum Gasteiger partial charge on any atom is -0.480 e. The molecule has 1 unspecified atom stereocenters. The molecule has 1 aromatic carbocycles. The number of aryl methyl sites for hydroxylation is 2. The first-order valence-electron chi connectivity index (χ1n) is 9.45. The highest BCUT2D eigenvalue weighted by Crippen LogP contribution is 2.32. The van der Waals surface area contributed by atoms with Crippen LogP contribution in [0.25, 0.3) is 0 Å². The van der Waals surface area contributed by atoms with Gasteiger partial charge in [0.05, 0.1) is 12.2 Å². The first-order chi connectivity index (χ1) is 12.8. The van der Waals surface area contributed by atoms with Crippen molar-refractivity contribution in [3.63, 3.8) is 0 Å². The lowest BCUT2D eigenvalue weighted by Gasteiger charge is -2.13. The Morgan fingerprint density at radius 2 is 1.89 bits per heavy atom. The van der Waals surface area contributed by atoms with E-state index in [1.165, 1.54) is 11.1 Å². The van der Waals surface area contributed by atoms with Gasteiger partial charge >= 0.3 is 5.97 Å². The van der Waals surface area contributed by atoms with Crippen LogP contribution >= 0.6 is 0 Å². The highest BCUT2D eigenvalue weighted by atomic mass is 16.4. The lowest BCUT2D eigenvalue weighted by molar-refractivity contribution is -0.142. The lowest BCUT2D eigenvalue weighted by Crippen LogP contribution is -2.42. The Morgan fingerprint density at radius 1 is 1.22 bits per heavy atom. The van der Waals surface area contributed by atoms with Crippen molar-refractivity contribution >= 4 is 11.9 Å². The van der Waals surface area contributed by atoms with Crippen LogP contribution in [0.5, 0.6) is 0 Å². The number of carboxylic acids is 1. The zero-order valence-corrected chi connectivity index (χ0v) is 16.2. The fourth-order valence-electron chi connectivity index (χ4n) is 3.41. The molecule has 2 N–H and O–H groups in total. The Bertz CT molecular complexity index is 835. The summed E-state index contributed by atoms with van der Waals surface area (Å²) in [6.07, 6.45) is 2.59. The number of hydrogen-bond donors (Lipinski definition) is 2. The standard InChI is InChI=1S/C21H27N3O3/c1-13-4-6-16(7-5-13)12-24-15(3)18(14(2)23-24)10-11-19(25)22-20(21(26)27)17-8-9-17/h4-7,17,20H,8-12H2,1-3H3,(H,22,25)(H,26,27). The van der Waals surface area contributed by atoms with Crippen LogP contribution in [0.2, 0.25) is 0 Å². The number of rotatable bonds is 8. The summed E-state index contributed by atoms with van der Waals surface area (Å²) in [4.78, 5) is 23.5. The first-order valence-corrected chi connectivity index (χ1v) is 9.45. The van der Waals surface area contributed by atoms with E-state index < -0.39 is 12.0 Å². The summed E-state index contributed by atoms with van der Waals surface area (Å²) in [5, 5.41) is 16.5. The van der Waals surface area contributed by atoms with Gasteiger partial charge in [-0.2, -0.15) is 5.10 Å². The maximum atomic E-state index is 12.2. The predicted molar refractivity (Wildman–Crippen MR) is 103 cm³/mol. The van der Waals surface area contributed by atoms with E-state index in [1.54, 1.807) is 0 Å². The number of carboxylic acid groups (broad SMARTS) is 1. The van der Waals surface area contributed by atoms with E-state index in [0.717, 1.165) is 29.8 Å². The number of nitrogens with zero attached hydrogens (tertiary/aromatic N) is 2. The maximum absolute atomic E-state index is 12.2. The molecule has 1 aliphatic carbocycles. The minimum atomic E-state index is -0.941. The SMILES string of the molecule is Cc1ccc(Cn2nc(C)c(CCC(=O)NC(C(=O)O)C3CC3)c2C)cc1. The maximum Gasteiger partial charge on any atom is 0.326 e. The Labute approximate surface area is 159 Å². The second-order valence-corrected chi connectivity index (χ2v) is 7.51. The van der Waals surface area contributed by atoms with E-state index in [2.05, 4.69) is 41.6 Å². The molecule has 27 heavy (non-hydrogen) atoms. The summed E-state index contributed by atoms with van der Waals surface area (Å²) in [5.41, 5.74) is 5.45. The van der Waals surface area contributed by atoms with Crippen molar-refractivity contribution in [1.29, 1.82) is 0 Å². The zero-order chi connectivity index (χ0) is 19.6. The third-order valence-electron chi connectivity index (χ3n) is 5.26. The van der Waals surface area contributed by atoms with Crippen molar-refractivity contribution < 1.29 is 14.7 Å². The van der Waals surface area contributed by atoms with Crippen molar-refractivity contribution in [3.8, 4) is 0 Å². The number of aromatic nitrogens is 2. The van der Waals surface area contributed by atoms with Crippen LogP contribution in [0, 0.1) is 26.7 Å². The van der Waals surface area contributed by atoms with Crippen LogP contribution in [0.4, 0.5) is 0 Å². The molecule has 6 heteroatoms. The molecule has 1 amide bonds. The number of carbonyl (C=O) groups is 2. The molecule has 2 aromatic rings. The van der Waals surface area contributed by atoms with Gasteiger partial charge in [0, 0.05) is 12.1 Å². The Hall–Kier alpha value is -2.63. The third kappa shape index (κ3) is 4.76. The smallest absolute Gasteiger partial charge is 0.326 e. The van der Waals surface area contributed by atoms with Crippen LogP contribution in [0.3, 0.4) is 0 Å². The fourth-order valence-corrected chi connectivity index (χ4v) is 3.41. The number of aliphatic carboxylic acids is 1. The Balaban J connectivity index is 1.61. The van der Waals surface area contributed by atoms with Crippen molar-refractivity contribution in [1.82, 2.24) is 15.1 Å². The summed E-state index contributed by atoms with van der Waals surface area (Å²) in [6, 6.07) is 7.63. The molecular weight excluding hydrogens is 342 g/mol. The highest BCUT2D eigenvalue weighted by molar-refractivity contribution is 5.84. The van der Waals surface area contributed by atoms with Crippen LogP contribution in [-0.4, -0.2) is 32.8 Å². The Kier molecular flexibility index (Phi) is 5.63. The molecule has 1 saturated carbocycles. The van der Waals surface area contributed by atoms with E-state index in [9.17, 15) is 14.7 Å². The molecule has 144 valence electrons. The van der Waals surface area contributed by atoms with Crippen molar-refractivity contribution in [3.05, 3.63) is 52.3 Å². The Morgan fingerprint density at radius 3 is 2.48 bits per heavy atom. The van der Waals surface area contributed by atoms with Gasteiger partial charge in [0.2, 0.25) is 5.91 Å². The molecule has 1 heterocycles. The number of nitrogens with one attached hydrogen (secondary N) is 1. The summed E-state index contributed by atoms with van der Waals surface area (Å²) >= 11 is 0. The molecule has 0 radical (unpaired) electrons. The molecule has 1 aromatic heterocycles. The number of hydrogen-bond acceptors (Lipinski definition) is 3. The van der Waals surface area contributed by atoms with Gasteiger partial charge in [-0.05, 0) is 57.1 Å². The van der Waals surface area contributed by atoms with E-state index in [4.69, 9.17) is 0 Å². The molecule has 0 aliphatic heterocycles. The molecule has 1 aliphatic rings. The van der Waals surface area contributed by atoms with E-state index in [1.807, 2.05) is 18.5 Å². The molecule has 0 spiro atoms. The van der Waals surface area contributed by atoms with Crippen molar-refractivity contribution in [2.24, 2.45) is 5.92 Å². The largest absolute Gasteiger partial charge is 0.480 e. The van der Waals surface area contributed by atoms with Gasteiger partial charge in [0.1, 0.15) is 6.04 Å². The molecule has 0 saturated heterocycles. The molecule has 1 fully saturated rings. The van der Waals surface area contributed by atoms with Gasteiger partial charge in [-0.1, -0.05) is 29.8 Å². The van der Waals surface area contributed by atoms with Gasteiger partial charge in [0.15, 0.2) is 0 Å². The second-order valence-electron chi connectivity index (χ2n) is 7.51. The third-order valence-corrected chi connectivity index (χ3v) is 5.26. The van der Waals surface area contributed by atoms with Gasteiger partial charge < -0.3 is 10.4 Å². The number of amides is 1. The molecule has 0 bridgehead atoms. The molecule has 6 nitrogen and oxygen atoms in total. The molecule has 3 rings (SSSR count). The first kappa shape index (κ1) is 19.1. The number of benzene rings is 1. The second kappa shape index (κ2) is 7.94. The van der Waals surface area contributed by atoms with E-state index in [0.29, 0.717) is 13.0 Å². The topological polar surface area (TPSA) is 84.2 Å². The van der Waals surface area contributed by atoms with Gasteiger partial charge in [0.25, 0.3) is 0 Å². The monoisotopic (exact) mass is 369 g/mol. The molecular formula is C21H27N3O3. The summed E-state index contributed by atoms with van der Waals surface area (Å²) in [6.45, 7) is 6.73. The average Bonchev–Trinajstić information content (AvgIpc) is 3.41. The van der Waals surface area contributed by atoms with E-state index in [-0.39, 0.29) is 18.2 Å². The fraction of sp³-hybridized carbons (Fsp3) is 0.476. The van der Waals surface area contributed by atoms with Crippen LogP contribution in [0.1, 0.15) is 47.3 Å². The van der Waals surface area contributed by atoms with E-state index >= 15 is 0 Å². The van der Waals surface area contributed by atoms with Crippen LogP contribution in [0.15, 0.2) is 24.3 Å². The lowest BCUT2D eigenvalue weighted by atomic mass is 10.1. The highest BCUT2D eigenvalue weighted by Gasteiger charge is 2.37. The minimum absolute atomic E-state index is 0.0900. The predicted octanol–water partition coefficient (Wildman–Crippen LogP) is 2.77. The quantitative estimate of drug-likeness (QED) is 0.749. The number of carbonyl (C=O) groups excluding carboxylic acids is 1. The zero-order valence-electron chi connectivity index (χ0n) is 16.2. The molecule has 1 atom stereocenters. The summed E-state index contributed by atoms with van der Waals surface area (Å²) in [5.74, 6) is -1.06. The van der Waals surface area contributed by atoms with Gasteiger partial charge in [-0.15, -0.1) is 0 Å². The normalized spacial score (nSPS) is 14.8. The average molecular weight is 369 g/mol. The summed E-state index contributed by atoms with van der Waals surface area (Å²) < 4.78 is 1.97. The van der Waals surface area contributed by atoms with Crippen molar-refractivity contribution in [2.45, 2.75) is 59.0 Å². The van der Waals surface area contributed by atoms with Crippen LogP contribution < -0.4 is 5.32 Å². The van der Waals surface area contributed by atoms with Crippen LogP contribution in [-0.2, 0) is 22.6 Å². The van der Waals surface area contributed by atoms with Crippen molar-refractivity contribution in [2.75, 3.05) is 0 Å². The van der Waals surface area contributed by atoms with Gasteiger partial charge in [-0.3, -0.25) is 9.48 Å². The summed E-state index contributed by atoms with van der Waals surface area (Å²) in [7, 11) is 0.